The SMILES string of the molecule is COc1ccc(Br)cc1-c1nc(CN2C(=O)c3ccccc3CS2(=O)=O)cs1. The number of rotatable bonds is 4. The van der Waals surface area contributed by atoms with Crippen LogP contribution in [0.25, 0.3) is 10.6 Å². The number of amides is 1. The van der Waals surface area contributed by atoms with Crippen LogP contribution < -0.4 is 4.74 Å². The highest BCUT2D eigenvalue weighted by atomic mass is 79.9. The van der Waals surface area contributed by atoms with E-state index in [9.17, 15) is 13.2 Å². The van der Waals surface area contributed by atoms with Gasteiger partial charge in [-0.05, 0) is 29.8 Å². The van der Waals surface area contributed by atoms with Crippen LogP contribution in [0.4, 0.5) is 0 Å². The monoisotopic (exact) mass is 478 g/mol. The lowest BCUT2D eigenvalue weighted by Gasteiger charge is -2.27. The number of hydrogen-bond donors (Lipinski definition) is 0. The van der Waals surface area contributed by atoms with Crippen molar-refractivity contribution in [3.05, 3.63) is 69.1 Å². The molecule has 28 heavy (non-hydrogen) atoms. The number of halogens is 1. The summed E-state index contributed by atoms with van der Waals surface area (Å²) in [7, 11) is -2.16. The zero-order valence-electron chi connectivity index (χ0n) is 14.8. The molecule has 4 rings (SSSR count). The summed E-state index contributed by atoms with van der Waals surface area (Å²) in [5.74, 6) is -0.0399. The molecule has 2 aromatic carbocycles. The van der Waals surface area contributed by atoms with E-state index in [4.69, 9.17) is 4.74 Å². The molecule has 1 aliphatic heterocycles. The summed E-state index contributed by atoms with van der Waals surface area (Å²) in [5, 5.41) is 2.45. The van der Waals surface area contributed by atoms with E-state index in [2.05, 4.69) is 20.9 Å². The summed E-state index contributed by atoms with van der Waals surface area (Å²) in [6, 6.07) is 12.4. The molecule has 0 bridgehead atoms. The molecule has 0 radical (unpaired) electrons. The van der Waals surface area contributed by atoms with E-state index in [0.717, 1.165) is 14.3 Å². The van der Waals surface area contributed by atoms with Gasteiger partial charge in [-0.1, -0.05) is 34.1 Å². The van der Waals surface area contributed by atoms with Crippen molar-refractivity contribution in [3.8, 4) is 16.3 Å². The molecule has 0 N–H and O–H groups in total. The molecule has 9 heteroatoms. The molecular formula is C19H15BrN2O4S2. The van der Waals surface area contributed by atoms with Gasteiger partial charge in [-0.15, -0.1) is 11.3 Å². The van der Waals surface area contributed by atoms with Crippen LogP contribution in [0.2, 0.25) is 0 Å². The van der Waals surface area contributed by atoms with Crippen molar-refractivity contribution in [3.63, 3.8) is 0 Å². The topological polar surface area (TPSA) is 76.6 Å². The standard InChI is InChI=1S/C19H15BrN2O4S2/c1-26-17-7-6-13(20)8-16(17)18-21-14(10-27-18)9-22-19(23)15-5-3-2-4-12(15)11-28(22,24)25/h2-8,10H,9,11H2,1H3. The molecule has 1 aliphatic rings. The lowest BCUT2D eigenvalue weighted by Crippen LogP contribution is -2.41. The Morgan fingerprint density at radius 3 is 2.79 bits per heavy atom. The summed E-state index contributed by atoms with van der Waals surface area (Å²) >= 11 is 4.81. The third-order valence-corrected chi connectivity index (χ3v) is 7.46. The zero-order valence-corrected chi connectivity index (χ0v) is 18.0. The molecule has 2 heterocycles. The van der Waals surface area contributed by atoms with Crippen LogP contribution in [0.1, 0.15) is 21.6 Å². The third kappa shape index (κ3) is 3.45. The van der Waals surface area contributed by atoms with Gasteiger partial charge in [-0.25, -0.2) is 17.7 Å². The lowest BCUT2D eigenvalue weighted by atomic mass is 10.1. The van der Waals surface area contributed by atoms with E-state index >= 15 is 0 Å². The van der Waals surface area contributed by atoms with Crippen molar-refractivity contribution < 1.29 is 17.9 Å². The summed E-state index contributed by atoms with van der Waals surface area (Å²) in [5.41, 5.74) is 2.26. The van der Waals surface area contributed by atoms with Crippen LogP contribution in [-0.2, 0) is 22.3 Å². The molecule has 0 aliphatic carbocycles. The fourth-order valence-corrected chi connectivity index (χ4v) is 5.73. The predicted octanol–water partition coefficient (Wildman–Crippen LogP) is 4.07. The Morgan fingerprint density at radius 2 is 2.00 bits per heavy atom. The first-order valence-corrected chi connectivity index (χ1v) is 11.6. The first-order valence-electron chi connectivity index (χ1n) is 8.30. The minimum absolute atomic E-state index is 0.0949. The predicted molar refractivity (Wildman–Crippen MR) is 111 cm³/mol. The maximum atomic E-state index is 12.8. The van der Waals surface area contributed by atoms with E-state index in [1.807, 2.05) is 18.2 Å². The molecule has 0 fully saturated rings. The number of aromatic nitrogens is 1. The zero-order chi connectivity index (χ0) is 19.9. The molecule has 6 nitrogen and oxygen atoms in total. The van der Waals surface area contributed by atoms with Crippen molar-refractivity contribution in [2.45, 2.75) is 12.3 Å². The number of methoxy groups -OCH3 is 1. The van der Waals surface area contributed by atoms with Crippen LogP contribution in [0.3, 0.4) is 0 Å². The Bertz CT molecular complexity index is 1170. The van der Waals surface area contributed by atoms with Gasteiger partial charge >= 0.3 is 0 Å². The number of nitrogens with zero attached hydrogens (tertiary/aromatic N) is 2. The molecule has 144 valence electrons. The molecule has 0 saturated carbocycles. The molecular weight excluding hydrogens is 464 g/mol. The second-order valence-electron chi connectivity index (χ2n) is 6.21. The second-order valence-corrected chi connectivity index (χ2v) is 9.88. The normalized spacial score (nSPS) is 15.4. The quantitative estimate of drug-likeness (QED) is 0.564. The van der Waals surface area contributed by atoms with E-state index in [-0.39, 0.29) is 12.3 Å². The fourth-order valence-electron chi connectivity index (χ4n) is 3.06. The molecule has 1 aromatic heterocycles. The molecule has 3 aromatic rings. The van der Waals surface area contributed by atoms with Gasteiger partial charge in [0, 0.05) is 15.4 Å². The van der Waals surface area contributed by atoms with Gasteiger partial charge in [0.15, 0.2) is 0 Å². The van der Waals surface area contributed by atoms with Crippen molar-refractivity contribution in [1.29, 1.82) is 0 Å². The fraction of sp³-hybridized carbons (Fsp3) is 0.158. The van der Waals surface area contributed by atoms with E-state index in [0.29, 0.717) is 27.6 Å². The minimum Gasteiger partial charge on any atom is -0.496 e. The Morgan fingerprint density at radius 1 is 1.21 bits per heavy atom. The highest BCUT2D eigenvalue weighted by Gasteiger charge is 2.36. The highest BCUT2D eigenvalue weighted by molar-refractivity contribution is 9.10. The lowest BCUT2D eigenvalue weighted by molar-refractivity contribution is 0.0848. The third-order valence-electron chi connectivity index (χ3n) is 4.40. The van der Waals surface area contributed by atoms with Crippen molar-refractivity contribution in [2.24, 2.45) is 0 Å². The first-order chi connectivity index (χ1) is 13.4. The van der Waals surface area contributed by atoms with Crippen molar-refractivity contribution in [1.82, 2.24) is 9.29 Å². The Kier molecular flexibility index (Phi) is 4.98. The molecule has 1 amide bonds. The van der Waals surface area contributed by atoms with Crippen molar-refractivity contribution in [2.75, 3.05) is 7.11 Å². The van der Waals surface area contributed by atoms with Gasteiger partial charge in [0.05, 0.1) is 30.7 Å². The van der Waals surface area contributed by atoms with E-state index in [1.54, 1.807) is 36.8 Å². The summed E-state index contributed by atoms with van der Waals surface area (Å²) < 4.78 is 32.4. The Balaban J connectivity index is 1.66. The number of carbonyl (C=O) groups excluding carboxylic acids is 1. The van der Waals surface area contributed by atoms with Crippen LogP contribution in [0.5, 0.6) is 5.75 Å². The first kappa shape index (κ1) is 19.1. The van der Waals surface area contributed by atoms with Gasteiger partial charge < -0.3 is 4.74 Å². The maximum absolute atomic E-state index is 12.8. The number of fused-ring (bicyclic) bond motifs is 1. The van der Waals surface area contributed by atoms with E-state index < -0.39 is 15.9 Å². The highest BCUT2D eigenvalue weighted by Crippen LogP contribution is 2.35. The molecule has 0 spiro atoms. The smallest absolute Gasteiger partial charge is 0.268 e. The molecule has 0 unspecified atom stereocenters. The summed E-state index contributed by atoms with van der Waals surface area (Å²) in [6.07, 6.45) is 0. The average Bonchev–Trinajstić information content (AvgIpc) is 3.13. The van der Waals surface area contributed by atoms with Gasteiger partial charge in [0.1, 0.15) is 10.8 Å². The van der Waals surface area contributed by atoms with Gasteiger partial charge in [0.25, 0.3) is 5.91 Å². The van der Waals surface area contributed by atoms with Gasteiger partial charge in [-0.2, -0.15) is 0 Å². The Hall–Kier alpha value is -2.23. The van der Waals surface area contributed by atoms with Crippen LogP contribution in [-0.4, -0.2) is 30.7 Å². The number of benzene rings is 2. The largest absolute Gasteiger partial charge is 0.496 e. The van der Waals surface area contributed by atoms with Crippen molar-refractivity contribution >= 4 is 43.2 Å². The maximum Gasteiger partial charge on any atom is 0.268 e. The van der Waals surface area contributed by atoms with Crippen LogP contribution in [0, 0.1) is 0 Å². The molecule has 0 saturated heterocycles. The number of sulfonamides is 1. The molecule has 0 atom stereocenters. The number of thiazole rings is 1. The van der Waals surface area contributed by atoms with Crippen LogP contribution >= 0.6 is 27.3 Å². The Labute approximate surface area is 175 Å². The average molecular weight is 479 g/mol. The summed E-state index contributed by atoms with van der Waals surface area (Å²) in [4.78, 5) is 17.3. The van der Waals surface area contributed by atoms with E-state index in [1.165, 1.54) is 11.3 Å². The summed E-state index contributed by atoms with van der Waals surface area (Å²) in [6.45, 7) is -0.0949. The number of ether oxygens (including phenoxy) is 1. The number of hydrogen-bond acceptors (Lipinski definition) is 6. The number of carbonyl (C=O) groups is 1. The van der Waals surface area contributed by atoms with Gasteiger partial charge in [0.2, 0.25) is 10.0 Å². The second kappa shape index (κ2) is 7.31. The minimum atomic E-state index is -3.74. The van der Waals surface area contributed by atoms with Gasteiger partial charge in [-0.3, -0.25) is 4.79 Å². The van der Waals surface area contributed by atoms with Crippen LogP contribution in [0.15, 0.2) is 52.3 Å².